The highest BCUT2D eigenvalue weighted by Gasteiger charge is 2.25. The Bertz CT molecular complexity index is 376. The van der Waals surface area contributed by atoms with E-state index in [9.17, 15) is 4.39 Å². The first-order valence-electron chi connectivity index (χ1n) is 5.41. The predicted octanol–water partition coefficient (Wildman–Crippen LogP) is 2.27. The van der Waals surface area contributed by atoms with Crippen molar-refractivity contribution < 1.29 is 13.9 Å². The summed E-state index contributed by atoms with van der Waals surface area (Å²) in [5, 5.41) is 3.26. The normalized spacial score (nSPS) is 19.8. The molecule has 0 aliphatic carbocycles. The van der Waals surface area contributed by atoms with Crippen molar-refractivity contribution in [2.75, 3.05) is 20.8 Å². The summed E-state index contributed by atoms with van der Waals surface area (Å²) in [6, 6.07) is 3.37. The number of rotatable bonds is 3. The maximum Gasteiger partial charge on any atom is 0.173 e. The fraction of sp³-hybridized carbons (Fsp3) is 0.500. The number of benzene rings is 1. The van der Waals surface area contributed by atoms with Crippen molar-refractivity contribution in [3.8, 4) is 11.5 Å². The summed E-state index contributed by atoms with van der Waals surface area (Å²) < 4.78 is 24.3. The fourth-order valence-corrected chi connectivity index (χ4v) is 2.15. The average Bonchev–Trinajstić information content (AvgIpc) is 2.81. The molecule has 1 fully saturated rings. The molecule has 0 aromatic heterocycles. The zero-order valence-electron chi connectivity index (χ0n) is 9.55. The van der Waals surface area contributed by atoms with Crippen LogP contribution in [-0.4, -0.2) is 20.8 Å². The van der Waals surface area contributed by atoms with Crippen molar-refractivity contribution in [3.63, 3.8) is 0 Å². The third-order valence-corrected chi connectivity index (χ3v) is 2.95. The number of nitrogens with one attached hydrogen (secondary N) is 1. The van der Waals surface area contributed by atoms with Crippen LogP contribution >= 0.6 is 0 Å². The van der Waals surface area contributed by atoms with E-state index < -0.39 is 0 Å². The van der Waals surface area contributed by atoms with E-state index in [1.54, 1.807) is 19.2 Å². The van der Waals surface area contributed by atoms with Gasteiger partial charge in [0.15, 0.2) is 11.6 Å². The second kappa shape index (κ2) is 4.70. The first-order chi connectivity index (χ1) is 7.77. The van der Waals surface area contributed by atoms with E-state index in [2.05, 4.69) is 5.32 Å². The molecular formula is C12H16FNO2. The second-order valence-corrected chi connectivity index (χ2v) is 3.85. The van der Waals surface area contributed by atoms with Gasteiger partial charge in [-0.15, -0.1) is 0 Å². The number of hydrogen-bond acceptors (Lipinski definition) is 3. The van der Waals surface area contributed by atoms with Crippen molar-refractivity contribution in [3.05, 3.63) is 23.5 Å². The van der Waals surface area contributed by atoms with Crippen LogP contribution in [0.2, 0.25) is 0 Å². The van der Waals surface area contributed by atoms with Gasteiger partial charge in [0.2, 0.25) is 0 Å². The Morgan fingerprint density at radius 1 is 1.25 bits per heavy atom. The molecule has 1 aliphatic heterocycles. The van der Waals surface area contributed by atoms with Gasteiger partial charge in [-0.2, -0.15) is 0 Å². The van der Waals surface area contributed by atoms with Gasteiger partial charge >= 0.3 is 0 Å². The Hall–Kier alpha value is -1.29. The SMILES string of the molecule is COc1ccc(OC)c(C2CCCN2)c1F. The molecule has 16 heavy (non-hydrogen) atoms. The predicted molar refractivity (Wildman–Crippen MR) is 59.5 cm³/mol. The third kappa shape index (κ3) is 1.85. The molecule has 2 rings (SSSR count). The molecule has 1 saturated heterocycles. The van der Waals surface area contributed by atoms with Crippen LogP contribution in [0, 0.1) is 5.82 Å². The van der Waals surface area contributed by atoms with Gasteiger partial charge in [-0.3, -0.25) is 0 Å². The molecular weight excluding hydrogens is 209 g/mol. The molecule has 0 amide bonds. The summed E-state index contributed by atoms with van der Waals surface area (Å²) in [6.07, 6.45) is 1.99. The van der Waals surface area contributed by atoms with Crippen LogP contribution in [0.5, 0.6) is 11.5 Å². The van der Waals surface area contributed by atoms with Crippen molar-refractivity contribution >= 4 is 0 Å². The number of hydrogen-bond donors (Lipinski definition) is 1. The number of methoxy groups -OCH3 is 2. The van der Waals surface area contributed by atoms with E-state index in [1.165, 1.54) is 7.11 Å². The fourth-order valence-electron chi connectivity index (χ4n) is 2.15. The van der Waals surface area contributed by atoms with Gasteiger partial charge in [0.25, 0.3) is 0 Å². The summed E-state index contributed by atoms with van der Waals surface area (Å²) >= 11 is 0. The van der Waals surface area contributed by atoms with Gasteiger partial charge in [0.05, 0.1) is 19.8 Å². The highest BCUT2D eigenvalue weighted by molar-refractivity contribution is 5.44. The molecule has 88 valence electrons. The van der Waals surface area contributed by atoms with Crippen LogP contribution in [0.4, 0.5) is 4.39 Å². The van der Waals surface area contributed by atoms with E-state index >= 15 is 0 Å². The van der Waals surface area contributed by atoms with Gasteiger partial charge in [-0.1, -0.05) is 0 Å². The summed E-state index contributed by atoms with van der Waals surface area (Å²) in [6.45, 7) is 0.921. The van der Waals surface area contributed by atoms with Crippen LogP contribution in [0.3, 0.4) is 0 Å². The molecule has 0 bridgehead atoms. The maximum absolute atomic E-state index is 14.1. The zero-order valence-corrected chi connectivity index (χ0v) is 9.55. The molecule has 1 heterocycles. The smallest absolute Gasteiger partial charge is 0.173 e. The van der Waals surface area contributed by atoms with Crippen LogP contribution in [0.15, 0.2) is 12.1 Å². The minimum absolute atomic E-state index is 0.0325. The lowest BCUT2D eigenvalue weighted by molar-refractivity contribution is 0.365. The van der Waals surface area contributed by atoms with Crippen molar-refractivity contribution in [2.24, 2.45) is 0 Å². The Morgan fingerprint density at radius 2 is 1.94 bits per heavy atom. The van der Waals surface area contributed by atoms with Gasteiger partial charge in [0, 0.05) is 6.04 Å². The largest absolute Gasteiger partial charge is 0.496 e. The van der Waals surface area contributed by atoms with Gasteiger partial charge in [-0.05, 0) is 31.5 Å². The molecule has 1 aromatic carbocycles. The van der Waals surface area contributed by atoms with Crippen molar-refractivity contribution in [1.82, 2.24) is 5.32 Å². The standard InChI is InChI=1S/C12H16FNO2/c1-15-9-5-6-10(16-2)12(13)11(9)8-4-3-7-14-8/h5-6,8,14H,3-4,7H2,1-2H3. The molecule has 1 aliphatic rings. The van der Waals surface area contributed by atoms with E-state index in [1.807, 2.05) is 0 Å². The average molecular weight is 225 g/mol. The number of halogens is 1. The molecule has 4 heteroatoms. The van der Waals surface area contributed by atoms with E-state index in [4.69, 9.17) is 9.47 Å². The highest BCUT2D eigenvalue weighted by Crippen LogP contribution is 2.36. The van der Waals surface area contributed by atoms with Gasteiger partial charge in [-0.25, -0.2) is 4.39 Å². The lowest BCUT2D eigenvalue weighted by atomic mass is 10.0. The highest BCUT2D eigenvalue weighted by atomic mass is 19.1. The molecule has 0 radical (unpaired) electrons. The van der Waals surface area contributed by atoms with E-state index in [0.717, 1.165) is 19.4 Å². The Balaban J connectivity index is 2.45. The molecule has 0 spiro atoms. The first-order valence-corrected chi connectivity index (χ1v) is 5.41. The quantitative estimate of drug-likeness (QED) is 0.856. The summed E-state index contributed by atoms with van der Waals surface area (Å²) in [5.41, 5.74) is 0.583. The first kappa shape index (κ1) is 11.2. The molecule has 1 atom stereocenters. The van der Waals surface area contributed by atoms with Crippen molar-refractivity contribution in [1.29, 1.82) is 0 Å². The Labute approximate surface area is 94.6 Å². The van der Waals surface area contributed by atoms with Crippen LogP contribution in [0.25, 0.3) is 0 Å². The lowest BCUT2D eigenvalue weighted by Gasteiger charge is -2.17. The maximum atomic E-state index is 14.1. The third-order valence-electron chi connectivity index (χ3n) is 2.95. The zero-order chi connectivity index (χ0) is 11.5. The molecule has 3 nitrogen and oxygen atoms in total. The topological polar surface area (TPSA) is 30.5 Å². The Kier molecular flexibility index (Phi) is 3.29. The Morgan fingerprint density at radius 3 is 2.50 bits per heavy atom. The molecule has 1 aromatic rings. The van der Waals surface area contributed by atoms with Gasteiger partial charge in [0.1, 0.15) is 5.75 Å². The van der Waals surface area contributed by atoms with E-state index in [-0.39, 0.29) is 17.6 Å². The minimum Gasteiger partial charge on any atom is -0.496 e. The monoisotopic (exact) mass is 225 g/mol. The molecule has 1 N–H and O–H groups in total. The summed E-state index contributed by atoms with van der Waals surface area (Å²) in [4.78, 5) is 0. The lowest BCUT2D eigenvalue weighted by Crippen LogP contribution is -2.15. The van der Waals surface area contributed by atoms with Gasteiger partial charge < -0.3 is 14.8 Å². The van der Waals surface area contributed by atoms with Crippen LogP contribution in [0.1, 0.15) is 24.4 Å². The van der Waals surface area contributed by atoms with Crippen molar-refractivity contribution in [2.45, 2.75) is 18.9 Å². The number of ether oxygens (including phenoxy) is 2. The van der Waals surface area contributed by atoms with Crippen LogP contribution < -0.4 is 14.8 Å². The van der Waals surface area contributed by atoms with E-state index in [0.29, 0.717) is 11.3 Å². The minimum atomic E-state index is -0.318. The summed E-state index contributed by atoms with van der Waals surface area (Å²) in [7, 11) is 3.02. The summed E-state index contributed by atoms with van der Waals surface area (Å²) in [5.74, 6) is 0.531. The second-order valence-electron chi connectivity index (χ2n) is 3.85. The molecule has 0 saturated carbocycles. The van der Waals surface area contributed by atoms with Crippen LogP contribution in [-0.2, 0) is 0 Å². The molecule has 1 unspecified atom stereocenters.